The Morgan fingerprint density at radius 1 is 1.30 bits per heavy atom. The van der Waals surface area contributed by atoms with Crippen LogP contribution in [0.15, 0.2) is 0 Å². The van der Waals surface area contributed by atoms with Gasteiger partial charge in [-0.3, -0.25) is 0 Å². The molecule has 1 heterocycles. The van der Waals surface area contributed by atoms with E-state index in [-0.39, 0.29) is 6.61 Å². The normalized spacial score (nSPS) is 48.0. The average Bonchev–Trinajstić information content (AvgIpc) is 2.17. The van der Waals surface area contributed by atoms with Crippen molar-refractivity contribution in [1.82, 2.24) is 0 Å². The molecule has 0 bridgehead atoms. The van der Waals surface area contributed by atoms with Crippen molar-refractivity contribution in [3.63, 3.8) is 0 Å². The molecule has 0 unspecified atom stereocenters. The maximum Gasteiger partial charge on any atom is 0.135 e. The van der Waals surface area contributed by atoms with Crippen LogP contribution < -0.4 is 5.73 Å². The second-order valence-electron chi connectivity index (χ2n) is 2.30. The van der Waals surface area contributed by atoms with Gasteiger partial charge in [0.1, 0.15) is 24.5 Å². The van der Waals surface area contributed by atoms with Crippen LogP contribution in [-0.4, -0.2) is 46.5 Å². The van der Waals surface area contributed by atoms with E-state index in [0.717, 1.165) is 0 Å². The third kappa shape index (κ3) is 1.14. The molecular weight excluding hydrogens is 138 g/mol. The van der Waals surface area contributed by atoms with Gasteiger partial charge in [-0.1, -0.05) is 0 Å². The molecule has 4 atom stereocenters. The van der Waals surface area contributed by atoms with Gasteiger partial charge in [0, 0.05) is 0 Å². The Labute approximate surface area is 58.0 Å². The minimum Gasteiger partial charge on any atom is -0.394 e. The van der Waals surface area contributed by atoms with E-state index in [1.54, 1.807) is 0 Å². The van der Waals surface area contributed by atoms with E-state index in [1.165, 1.54) is 0 Å². The Hall–Kier alpha value is -0.200. The van der Waals surface area contributed by atoms with Crippen LogP contribution in [0.25, 0.3) is 0 Å². The van der Waals surface area contributed by atoms with Crippen molar-refractivity contribution in [3.8, 4) is 0 Å². The molecule has 0 aromatic heterocycles. The third-order valence-corrected chi connectivity index (χ3v) is 1.58. The molecule has 5 N–H and O–H groups in total. The molecule has 0 radical (unpaired) electrons. The quantitative estimate of drug-likeness (QED) is 0.327. The summed E-state index contributed by atoms with van der Waals surface area (Å²) in [5, 5.41) is 26.5. The largest absolute Gasteiger partial charge is 0.394 e. The predicted octanol–water partition coefficient (Wildman–Crippen LogP) is -2.62. The first-order valence-electron chi connectivity index (χ1n) is 3.05. The molecule has 0 saturated carbocycles. The van der Waals surface area contributed by atoms with Crippen LogP contribution in [0.1, 0.15) is 0 Å². The molecule has 0 amide bonds. The van der Waals surface area contributed by atoms with E-state index in [0.29, 0.717) is 0 Å². The lowest BCUT2D eigenvalue weighted by molar-refractivity contribution is -0.0200. The Morgan fingerprint density at radius 3 is 2.10 bits per heavy atom. The zero-order valence-electron chi connectivity index (χ0n) is 5.34. The molecule has 1 aliphatic rings. The van der Waals surface area contributed by atoms with Gasteiger partial charge in [-0.2, -0.15) is 0 Å². The van der Waals surface area contributed by atoms with Crippen molar-refractivity contribution >= 4 is 0 Å². The fraction of sp³-hybridized carbons (Fsp3) is 1.00. The highest BCUT2D eigenvalue weighted by molar-refractivity contribution is 4.86. The summed E-state index contributed by atoms with van der Waals surface area (Å²) in [4.78, 5) is 0. The Kier molecular flexibility index (Phi) is 2.22. The molecule has 5 nitrogen and oxygen atoms in total. The summed E-state index contributed by atoms with van der Waals surface area (Å²) in [6.07, 6.45) is -3.78. The van der Waals surface area contributed by atoms with Crippen LogP contribution in [0.5, 0.6) is 0 Å². The summed E-state index contributed by atoms with van der Waals surface area (Å²) >= 11 is 0. The van der Waals surface area contributed by atoms with Crippen molar-refractivity contribution in [2.24, 2.45) is 5.73 Å². The monoisotopic (exact) mass is 149 g/mol. The molecule has 0 aromatic carbocycles. The van der Waals surface area contributed by atoms with Crippen LogP contribution in [0, 0.1) is 0 Å². The summed E-state index contributed by atoms with van der Waals surface area (Å²) < 4.78 is 4.76. The first-order chi connectivity index (χ1) is 4.66. The maximum absolute atomic E-state index is 9.01. The molecule has 1 saturated heterocycles. The molecule has 10 heavy (non-hydrogen) atoms. The van der Waals surface area contributed by atoms with Gasteiger partial charge in [-0.15, -0.1) is 0 Å². The number of hydrogen-bond donors (Lipinski definition) is 4. The number of aliphatic hydroxyl groups excluding tert-OH is 3. The summed E-state index contributed by atoms with van der Waals surface area (Å²) in [6, 6.07) is 0. The van der Waals surface area contributed by atoms with Gasteiger partial charge in [0.25, 0.3) is 0 Å². The second-order valence-corrected chi connectivity index (χ2v) is 2.30. The molecule has 0 aliphatic carbocycles. The lowest BCUT2D eigenvalue weighted by atomic mass is 10.1. The molecule has 60 valence electrons. The highest BCUT2D eigenvalue weighted by Gasteiger charge is 2.39. The molecule has 1 rings (SSSR count). The highest BCUT2D eigenvalue weighted by atomic mass is 16.6. The lowest BCUT2D eigenvalue weighted by Crippen LogP contribution is -2.37. The topological polar surface area (TPSA) is 95.9 Å². The van der Waals surface area contributed by atoms with E-state index in [1.807, 2.05) is 0 Å². The SMILES string of the molecule is N[C@H]1O[C@H](CO)[C@@H](O)[C@H]1O. The molecule has 5 heteroatoms. The van der Waals surface area contributed by atoms with E-state index in [9.17, 15) is 0 Å². The second kappa shape index (κ2) is 2.81. The first kappa shape index (κ1) is 7.90. The standard InChI is InChI=1S/C5H11NO4/c6-5-4(9)3(8)2(1-7)10-5/h2-5,7-9H,1,6H2/t2-,3-,4-,5+/m1/s1. The van der Waals surface area contributed by atoms with Crippen LogP contribution >= 0.6 is 0 Å². The number of ether oxygens (including phenoxy) is 1. The fourth-order valence-electron chi connectivity index (χ4n) is 0.928. The van der Waals surface area contributed by atoms with Gasteiger partial charge < -0.3 is 25.8 Å². The molecule has 0 aromatic rings. The number of hydrogen-bond acceptors (Lipinski definition) is 5. The number of rotatable bonds is 1. The van der Waals surface area contributed by atoms with Gasteiger partial charge in [0.05, 0.1) is 6.61 Å². The summed E-state index contributed by atoms with van der Waals surface area (Å²) in [5.74, 6) is 0. The maximum atomic E-state index is 9.01. The summed E-state index contributed by atoms with van der Waals surface area (Å²) in [7, 11) is 0. The van der Waals surface area contributed by atoms with Gasteiger partial charge in [0.2, 0.25) is 0 Å². The van der Waals surface area contributed by atoms with E-state index in [2.05, 4.69) is 0 Å². The summed E-state index contributed by atoms with van der Waals surface area (Å²) in [6.45, 7) is -0.327. The zero-order chi connectivity index (χ0) is 7.72. The van der Waals surface area contributed by atoms with Crippen molar-refractivity contribution in [3.05, 3.63) is 0 Å². The van der Waals surface area contributed by atoms with Crippen molar-refractivity contribution in [2.75, 3.05) is 6.61 Å². The minimum absolute atomic E-state index is 0.327. The zero-order valence-corrected chi connectivity index (χ0v) is 5.34. The van der Waals surface area contributed by atoms with Crippen LogP contribution in [-0.2, 0) is 4.74 Å². The predicted molar refractivity (Wildman–Crippen MR) is 31.9 cm³/mol. The Morgan fingerprint density at radius 2 is 1.90 bits per heavy atom. The highest BCUT2D eigenvalue weighted by Crippen LogP contribution is 2.16. The smallest absolute Gasteiger partial charge is 0.135 e. The van der Waals surface area contributed by atoms with Crippen molar-refractivity contribution in [2.45, 2.75) is 24.5 Å². The molecule has 1 fully saturated rings. The van der Waals surface area contributed by atoms with Gasteiger partial charge in [0.15, 0.2) is 0 Å². The number of aliphatic hydroxyl groups is 3. The Balaban J connectivity index is 2.53. The fourth-order valence-corrected chi connectivity index (χ4v) is 0.928. The van der Waals surface area contributed by atoms with Gasteiger partial charge >= 0.3 is 0 Å². The van der Waals surface area contributed by atoms with E-state index >= 15 is 0 Å². The lowest BCUT2D eigenvalue weighted by Gasteiger charge is -2.09. The summed E-state index contributed by atoms with van der Waals surface area (Å²) in [5.41, 5.74) is 5.19. The molecular formula is C5H11NO4. The van der Waals surface area contributed by atoms with Gasteiger partial charge in [-0.25, -0.2) is 0 Å². The van der Waals surface area contributed by atoms with Crippen LogP contribution in [0.2, 0.25) is 0 Å². The average molecular weight is 149 g/mol. The van der Waals surface area contributed by atoms with Crippen LogP contribution in [0.4, 0.5) is 0 Å². The van der Waals surface area contributed by atoms with Gasteiger partial charge in [-0.05, 0) is 0 Å². The van der Waals surface area contributed by atoms with E-state index in [4.69, 9.17) is 25.8 Å². The van der Waals surface area contributed by atoms with Crippen molar-refractivity contribution < 1.29 is 20.1 Å². The Bertz CT molecular complexity index is 120. The number of nitrogens with two attached hydrogens (primary N) is 1. The molecule has 1 aliphatic heterocycles. The minimum atomic E-state index is -1.09. The first-order valence-corrected chi connectivity index (χ1v) is 3.05. The van der Waals surface area contributed by atoms with E-state index < -0.39 is 24.5 Å². The van der Waals surface area contributed by atoms with Crippen LogP contribution in [0.3, 0.4) is 0 Å². The third-order valence-electron chi connectivity index (χ3n) is 1.58. The molecule has 0 spiro atoms. The van der Waals surface area contributed by atoms with Crippen molar-refractivity contribution in [1.29, 1.82) is 0 Å².